The number of carboxylic acid groups (broad SMARTS) is 1. The van der Waals surface area contributed by atoms with E-state index < -0.39 is 11.5 Å². The molecule has 7 nitrogen and oxygen atoms in total. The monoisotopic (exact) mass is 591 g/mol. The predicted octanol–water partition coefficient (Wildman–Crippen LogP) is 6.78. The van der Waals surface area contributed by atoms with Crippen LogP contribution in [0.3, 0.4) is 0 Å². The van der Waals surface area contributed by atoms with E-state index in [2.05, 4.69) is 83.1 Å². The first-order chi connectivity index (χ1) is 22.1. The number of nitrogens with one attached hydrogen (secondary N) is 1. The Kier molecular flexibility index (Phi) is 7.76. The maximum Gasteiger partial charge on any atom is 0.354 e. The zero-order valence-electron chi connectivity index (χ0n) is 24.8. The third-order valence-corrected chi connectivity index (χ3v) is 8.58. The van der Waals surface area contributed by atoms with Crippen molar-refractivity contribution in [3.63, 3.8) is 0 Å². The highest BCUT2D eigenvalue weighted by Gasteiger charge is 2.36. The van der Waals surface area contributed by atoms with E-state index in [4.69, 9.17) is 10.1 Å². The molecular weight excluding hydrogens is 558 g/mol. The Hall–Kier alpha value is -5.40. The van der Waals surface area contributed by atoms with E-state index in [0.29, 0.717) is 43.9 Å². The maximum atomic E-state index is 12.6. The van der Waals surface area contributed by atoms with Gasteiger partial charge in [0.15, 0.2) is 5.82 Å². The number of hydrogen-bond donors (Lipinski definition) is 2. The third kappa shape index (κ3) is 5.32. The van der Waals surface area contributed by atoms with Crippen molar-refractivity contribution in [3.05, 3.63) is 161 Å². The fraction of sp³-hybridized carbons (Fsp3) is 0.158. The maximum absolute atomic E-state index is 12.6. The number of aryl methyl sites for hydroxylation is 2. The van der Waals surface area contributed by atoms with Crippen LogP contribution in [-0.4, -0.2) is 37.4 Å². The van der Waals surface area contributed by atoms with Gasteiger partial charge in [-0.2, -0.15) is 5.10 Å². The average molecular weight is 592 g/mol. The van der Waals surface area contributed by atoms with Gasteiger partial charge in [0.25, 0.3) is 0 Å². The molecule has 0 unspecified atom stereocenters. The second-order valence-electron chi connectivity index (χ2n) is 11.3. The molecule has 7 heteroatoms. The molecule has 222 valence electrons. The molecule has 0 spiro atoms. The number of carboxylic acids is 1. The van der Waals surface area contributed by atoms with Crippen molar-refractivity contribution in [2.45, 2.75) is 31.3 Å². The smallest absolute Gasteiger partial charge is 0.354 e. The summed E-state index contributed by atoms with van der Waals surface area (Å²) in [7, 11) is 0. The first-order valence-electron chi connectivity index (χ1n) is 15.3. The topological polar surface area (TPSA) is 92.9 Å². The zero-order valence-corrected chi connectivity index (χ0v) is 24.8. The van der Waals surface area contributed by atoms with Gasteiger partial charge in [-0.05, 0) is 48.1 Å². The second-order valence-corrected chi connectivity index (χ2v) is 11.3. The minimum absolute atomic E-state index is 0.246. The molecule has 4 aromatic carbocycles. The fourth-order valence-electron chi connectivity index (χ4n) is 6.48. The van der Waals surface area contributed by atoms with E-state index in [1.807, 2.05) is 54.7 Å². The van der Waals surface area contributed by atoms with Gasteiger partial charge in [0, 0.05) is 23.9 Å². The molecule has 2 aromatic heterocycles. The lowest BCUT2D eigenvalue weighted by Gasteiger charge is -2.37. The number of aromatic carboxylic acids is 1. The normalized spacial score (nSPS) is 12.4. The number of carbonyl (C=O) groups is 1. The minimum atomic E-state index is -0.968. The molecule has 0 radical (unpaired) electrons. The van der Waals surface area contributed by atoms with E-state index in [0.717, 1.165) is 39.1 Å². The number of rotatable bonds is 10. The van der Waals surface area contributed by atoms with Crippen LogP contribution in [0.1, 0.15) is 44.7 Å². The Morgan fingerprint density at radius 2 is 1.31 bits per heavy atom. The summed E-state index contributed by atoms with van der Waals surface area (Å²) in [6.45, 7) is 1.07. The van der Waals surface area contributed by atoms with Gasteiger partial charge in [-0.3, -0.25) is 10.00 Å². The number of hydrogen-bond acceptors (Lipinski definition) is 5. The van der Waals surface area contributed by atoms with Gasteiger partial charge in [0.2, 0.25) is 0 Å². The van der Waals surface area contributed by atoms with Crippen LogP contribution >= 0.6 is 0 Å². The van der Waals surface area contributed by atoms with Crippen molar-refractivity contribution in [1.29, 1.82) is 0 Å². The van der Waals surface area contributed by atoms with E-state index in [-0.39, 0.29) is 5.69 Å². The molecular formula is C38H33N5O2. The molecule has 0 bridgehead atoms. The van der Waals surface area contributed by atoms with E-state index in [1.54, 1.807) is 4.68 Å². The molecule has 1 aliphatic carbocycles. The van der Waals surface area contributed by atoms with Gasteiger partial charge in [-0.15, -0.1) is 0 Å². The summed E-state index contributed by atoms with van der Waals surface area (Å²) < 4.78 is 1.66. The Bertz CT molecular complexity index is 1830. The molecule has 6 aromatic rings. The largest absolute Gasteiger partial charge is 0.477 e. The van der Waals surface area contributed by atoms with Crippen LogP contribution in [0.15, 0.2) is 128 Å². The van der Waals surface area contributed by atoms with Gasteiger partial charge >= 0.3 is 5.97 Å². The molecule has 0 fully saturated rings. The van der Waals surface area contributed by atoms with E-state index in [9.17, 15) is 9.90 Å². The highest BCUT2D eigenvalue weighted by atomic mass is 16.4. The highest BCUT2D eigenvalue weighted by molar-refractivity contribution is 5.90. The Morgan fingerprint density at radius 3 is 1.87 bits per heavy atom. The van der Waals surface area contributed by atoms with Crippen molar-refractivity contribution >= 4 is 5.97 Å². The third-order valence-electron chi connectivity index (χ3n) is 8.58. The number of aromatic nitrogens is 4. The van der Waals surface area contributed by atoms with E-state index >= 15 is 0 Å². The van der Waals surface area contributed by atoms with Gasteiger partial charge < -0.3 is 5.11 Å². The zero-order chi connectivity index (χ0) is 30.6. The summed E-state index contributed by atoms with van der Waals surface area (Å²) in [5, 5.41) is 19.1. The SMILES string of the molecule is O=C(O)c1c2c(nn1CCCNC(c1ccccc1)(c1ccccc1)c1ccccc1)-c1nc(-c3ccccc3)ncc1CC2. The fourth-order valence-corrected chi connectivity index (χ4v) is 6.48. The molecule has 2 N–H and O–H groups in total. The lowest BCUT2D eigenvalue weighted by atomic mass is 9.77. The van der Waals surface area contributed by atoms with Crippen molar-refractivity contribution in [2.75, 3.05) is 6.54 Å². The summed E-state index contributed by atoms with van der Waals surface area (Å²) in [6.07, 6.45) is 3.79. The minimum Gasteiger partial charge on any atom is -0.477 e. The Morgan fingerprint density at radius 1 is 0.756 bits per heavy atom. The number of fused-ring (bicyclic) bond motifs is 3. The van der Waals surface area contributed by atoms with Crippen molar-refractivity contribution in [1.82, 2.24) is 25.1 Å². The molecule has 0 aliphatic heterocycles. The van der Waals surface area contributed by atoms with Crippen LogP contribution in [-0.2, 0) is 24.9 Å². The number of nitrogens with zero attached hydrogens (tertiary/aromatic N) is 4. The second kappa shape index (κ2) is 12.3. The van der Waals surface area contributed by atoms with E-state index in [1.165, 1.54) is 0 Å². The predicted molar refractivity (Wildman–Crippen MR) is 175 cm³/mol. The Labute approximate surface area is 262 Å². The highest BCUT2D eigenvalue weighted by Crippen LogP contribution is 2.37. The molecule has 0 saturated heterocycles. The summed E-state index contributed by atoms with van der Waals surface area (Å²) >= 11 is 0. The van der Waals surface area contributed by atoms with Gasteiger partial charge in [0.05, 0.1) is 11.2 Å². The van der Waals surface area contributed by atoms with Crippen LogP contribution in [0.5, 0.6) is 0 Å². The molecule has 0 saturated carbocycles. The molecule has 45 heavy (non-hydrogen) atoms. The van der Waals surface area contributed by atoms with Gasteiger partial charge in [-0.25, -0.2) is 14.8 Å². The lowest BCUT2D eigenvalue weighted by Crippen LogP contribution is -2.45. The van der Waals surface area contributed by atoms with Crippen molar-refractivity contribution < 1.29 is 9.90 Å². The summed E-state index contributed by atoms with van der Waals surface area (Å²) in [5.41, 5.74) is 7.07. The summed E-state index contributed by atoms with van der Waals surface area (Å²) in [5.74, 6) is -0.360. The lowest BCUT2D eigenvalue weighted by molar-refractivity contribution is 0.0681. The van der Waals surface area contributed by atoms with Crippen LogP contribution in [0.2, 0.25) is 0 Å². The van der Waals surface area contributed by atoms with Gasteiger partial charge in [0.1, 0.15) is 11.4 Å². The number of benzene rings is 4. The van der Waals surface area contributed by atoms with Crippen molar-refractivity contribution in [3.8, 4) is 22.8 Å². The van der Waals surface area contributed by atoms with Crippen LogP contribution in [0, 0.1) is 0 Å². The van der Waals surface area contributed by atoms with Crippen LogP contribution in [0.4, 0.5) is 0 Å². The van der Waals surface area contributed by atoms with Crippen LogP contribution < -0.4 is 5.32 Å². The van der Waals surface area contributed by atoms with Crippen molar-refractivity contribution in [2.24, 2.45) is 0 Å². The van der Waals surface area contributed by atoms with Gasteiger partial charge in [-0.1, -0.05) is 121 Å². The first-order valence-corrected chi connectivity index (χ1v) is 15.3. The molecule has 0 amide bonds. The standard InChI is InChI=1S/C38H33N5O2/c44-37(45)35-32-23-22-28-26-39-36(27-14-5-1-6-15-27)41-33(28)34(32)42-43(35)25-13-24-40-38(29-16-7-2-8-17-29,30-18-9-3-10-19-30)31-20-11-4-12-21-31/h1-12,14-21,26,40H,13,22-25H2,(H,44,45). The molecule has 7 rings (SSSR count). The quantitative estimate of drug-likeness (QED) is 0.135. The molecule has 0 atom stereocenters. The first kappa shape index (κ1) is 28.4. The average Bonchev–Trinajstić information content (AvgIpc) is 3.49. The molecule has 1 aliphatic rings. The molecule has 2 heterocycles. The Balaban J connectivity index is 1.20. The van der Waals surface area contributed by atoms with Crippen LogP contribution in [0.25, 0.3) is 22.8 Å². The summed E-state index contributed by atoms with van der Waals surface area (Å²) in [4.78, 5) is 22.1. The summed E-state index contributed by atoms with van der Waals surface area (Å²) in [6, 6.07) is 41.2.